The van der Waals surface area contributed by atoms with E-state index >= 15 is 0 Å². The van der Waals surface area contributed by atoms with Crippen molar-refractivity contribution >= 4 is 5.97 Å². The van der Waals surface area contributed by atoms with Crippen LogP contribution in [0.4, 0.5) is 4.39 Å². The lowest BCUT2D eigenvalue weighted by atomic mass is 10.0. The van der Waals surface area contributed by atoms with Gasteiger partial charge >= 0.3 is 5.97 Å². The van der Waals surface area contributed by atoms with Crippen LogP contribution >= 0.6 is 0 Å². The zero-order chi connectivity index (χ0) is 13.1. The van der Waals surface area contributed by atoms with Crippen LogP contribution in [-0.4, -0.2) is 16.2 Å². The van der Waals surface area contributed by atoms with E-state index in [2.05, 4.69) is 0 Å². The highest BCUT2D eigenvalue weighted by atomic mass is 19.1. The number of benzene rings is 2. The molecule has 92 valence electrons. The van der Waals surface area contributed by atoms with E-state index in [-0.39, 0.29) is 5.56 Å². The molecule has 2 aromatic carbocycles. The van der Waals surface area contributed by atoms with Gasteiger partial charge in [-0.15, -0.1) is 0 Å². The summed E-state index contributed by atoms with van der Waals surface area (Å²) in [6, 6.07) is 12.8. The van der Waals surface area contributed by atoms with E-state index in [1.165, 1.54) is 12.1 Å². The van der Waals surface area contributed by atoms with Gasteiger partial charge in [-0.05, 0) is 17.2 Å². The fraction of sp³-hybridized carbons (Fsp3) is 0.0714. The second-order valence-electron chi connectivity index (χ2n) is 3.85. The van der Waals surface area contributed by atoms with E-state index in [1.54, 1.807) is 24.3 Å². The molecule has 0 spiro atoms. The van der Waals surface area contributed by atoms with Crippen LogP contribution in [0.2, 0.25) is 0 Å². The van der Waals surface area contributed by atoms with Crippen LogP contribution in [0.1, 0.15) is 11.7 Å². The Morgan fingerprint density at radius 2 is 1.78 bits per heavy atom. The summed E-state index contributed by atoms with van der Waals surface area (Å²) >= 11 is 0. The summed E-state index contributed by atoms with van der Waals surface area (Å²) in [4.78, 5) is 10.6. The average Bonchev–Trinajstić information content (AvgIpc) is 2.38. The Balaban J connectivity index is 2.40. The lowest BCUT2D eigenvalue weighted by molar-refractivity contribution is -0.146. The van der Waals surface area contributed by atoms with Crippen molar-refractivity contribution < 1.29 is 19.4 Å². The predicted molar refractivity (Wildman–Crippen MR) is 64.4 cm³/mol. The van der Waals surface area contributed by atoms with Crippen LogP contribution in [0.5, 0.6) is 0 Å². The topological polar surface area (TPSA) is 57.5 Å². The van der Waals surface area contributed by atoms with Gasteiger partial charge in [-0.25, -0.2) is 9.18 Å². The Kier molecular flexibility index (Phi) is 3.39. The molecule has 0 bridgehead atoms. The summed E-state index contributed by atoms with van der Waals surface area (Å²) in [7, 11) is 0. The molecule has 0 aliphatic heterocycles. The molecule has 3 nitrogen and oxygen atoms in total. The molecule has 0 radical (unpaired) electrons. The molecule has 0 aliphatic rings. The fourth-order valence-electron chi connectivity index (χ4n) is 1.70. The molecule has 18 heavy (non-hydrogen) atoms. The molecule has 2 aromatic rings. The quantitative estimate of drug-likeness (QED) is 0.875. The van der Waals surface area contributed by atoms with Crippen LogP contribution in [0.15, 0.2) is 48.5 Å². The summed E-state index contributed by atoms with van der Waals surface area (Å²) in [5.74, 6) is -1.96. The predicted octanol–water partition coefficient (Wildman–Crippen LogP) is 2.61. The molecule has 2 N–H and O–H groups in total. The standard InChI is InChI=1S/C14H11FO3/c15-12-8-10(13(16)14(17)18)6-7-11(12)9-4-2-1-3-5-9/h1-8,13,16H,(H,17,18). The van der Waals surface area contributed by atoms with Crippen molar-refractivity contribution in [1.82, 2.24) is 0 Å². The van der Waals surface area contributed by atoms with Gasteiger partial charge in [-0.1, -0.05) is 42.5 Å². The third-order valence-electron chi connectivity index (χ3n) is 2.63. The van der Waals surface area contributed by atoms with Gasteiger partial charge in [-0.3, -0.25) is 0 Å². The Morgan fingerprint density at radius 3 is 2.33 bits per heavy atom. The lowest BCUT2D eigenvalue weighted by Crippen LogP contribution is -2.10. The molecule has 0 aromatic heterocycles. The van der Waals surface area contributed by atoms with E-state index in [0.29, 0.717) is 11.1 Å². The first-order chi connectivity index (χ1) is 8.59. The summed E-state index contributed by atoms with van der Waals surface area (Å²) in [6.07, 6.45) is -1.70. The number of carboxylic acid groups (broad SMARTS) is 1. The number of carboxylic acids is 1. The monoisotopic (exact) mass is 246 g/mol. The van der Waals surface area contributed by atoms with Gasteiger partial charge in [0.05, 0.1) is 0 Å². The zero-order valence-corrected chi connectivity index (χ0v) is 9.38. The molecular formula is C14H11FO3. The maximum atomic E-state index is 13.9. The molecule has 0 fully saturated rings. The largest absolute Gasteiger partial charge is 0.479 e. The van der Waals surface area contributed by atoms with Crippen LogP contribution in [0.3, 0.4) is 0 Å². The molecule has 0 heterocycles. The van der Waals surface area contributed by atoms with E-state index in [0.717, 1.165) is 6.07 Å². The van der Waals surface area contributed by atoms with Crippen LogP contribution in [-0.2, 0) is 4.79 Å². The Morgan fingerprint density at radius 1 is 1.11 bits per heavy atom. The smallest absolute Gasteiger partial charge is 0.337 e. The van der Waals surface area contributed by atoms with E-state index < -0.39 is 17.9 Å². The van der Waals surface area contributed by atoms with E-state index in [1.807, 2.05) is 6.07 Å². The summed E-state index contributed by atoms with van der Waals surface area (Å²) < 4.78 is 13.9. The third-order valence-corrected chi connectivity index (χ3v) is 2.63. The van der Waals surface area contributed by atoms with Crippen LogP contribution < -0.4 is 0 Å². The molecular weight excluding hydrogens is 235 g/mol. The van der Waals surface area contributed by atoms with Crippen molar-refractivity contribution in [3.8, 4) is 11.1 Å². The van der Waals surface area contributed by atoms with Crippen LogP contribution in [0, 0.1) is 5.82 Å². The number of aliphatic hydroxyl groups is 1. The molecule has 1 atom stereocenters. The SMILES string of the molecule is O=C(O)C(O)c1ccc(-c2ccccc2)c(F)c1. The minimum Gasteiger partial charge on any atom is -0.479 e. The normalized spacial score (nSPS) is 12.1. The minimum absolute atomic E-state index is 0.0275. The van der Waals surface area contributed by atoms with Crippen molar-refractivity contribution in [1.29, 1.82) is 0 Å². The molecule has 0 saturated carbocycles. The van der Waals surface area contributed by atoms with Crippen molar-refractivity contribution in [2.75, 3.05) is 0 Å². The average molecular weight is 246 g/mol. The summed E-state index contributed by atoms with van der Waals surface area (Å²) in [5, 5.41) is 18.0. The second kappa shape index (κ2) is 4.98. The number of carbonyl (C=O) groups is 1. The number of halogens is 1. The van der Waals surface area contributed by atoms with Gasteiger partial charge in [-0.2, -0.15) is 0 Å². The number of hydrogen-bond donors (Lipinski definition) is 2. The zero-order valence-electron chi connectivity index (χ0n) is 9.38. The van der Waals surface area contributed by atoms with Gasteiger partial charge in [0, 0.05) is 5.56 Å². The molecule has 1 unspecified atom stereocenters. The van der Waals surface area contributed by atoms with E-state index in [9.17, 15) is 14.3 Å². The van der Waals surface area contributed by atoms with Gasteiger partial charge in [0.15, 0.2) is 6.10 Å². The maximum Gasteiger partial charge on any atom is 0.337 e. The molecule has 0 amide bonds. The first-order valence-electron chi connectivity index (χ1n) is 5.35. The number of aliphatic carboxylic acids is 1. The van der Waals surface area contributed by atoms with E-state index in [4.69, 9.17) is 5.11 Å². The molecule has 0 saturated heterocycles. The Bertz CT molecular complexity index is 567. The van der Waals surface area contributed by atoms with Gasteiger partial charge in [0.2, 0.25) is 0 Å². The highest BCUT2D eigenvalue weighted by Gasteiger charge is 2.17. The lowest BCUT2D eigenvalue weighted by Gasteiger charge is -2.08. The maximum absolute atomic E-state index is 13.9. The summed E-state index contributed by atoms with van der Waals surface area (Å²) in [5.41, 5.74) is 1.10. The van der Waals surface area contributed by atoms with Crippen molar-refractivity contribution in [2.45, 2.75) is 6.10 Å². The second-order valence-corrected chi connectivity index (χ2v) is 3.85. The Labute approximate surface area is 103 Å². The molecule has 4 heteroatoms. The van der Waals surface area contributed by atoms with Gasteiger partial charge in [0.25, 0.3) is 0 Å². The Hall–Kier alpha value is -2.20. The van der Waals surface area contributed by atoms with Gasteiger partial charge < -0.3 is 10.2 Å². The van der Waals surface area contributed by atoms with Crippen molar-refractivity contribution in [3.63, 3.8) is 0 Å². The number of aliphatic hydroxyl groups excluding tert-OH is 1. The third kappa shape index (κ3) is 2.38. The van der Waals surface area contributed by atoms with Crippen molar-refractivity contribution in [3.05, 3.63) is 59.9 Å². The highest BCUT2D eigenvalue weighted by molar-refractivity contribution is 5.74. The molecule has 0 aliphatic carbocycles. The minimum atomic E-state index is -1.70. The molecule has 2 rings (SSSR count). The first kappa shape index (κ1) is 12.3. The van der Waals surface area contributed by atoms with Gasteiger partial charge in [0.1, 0.15) is 5.82 Å². The number of hydrogen-bond acceptors (Lipinski definition) is 2. The van der Waals surface area contributed by atoms with Crippen LogP contribution in [0.25, 0.3) is 11.1 Å². The summed E-state index contributed by atoms with van der Waals surface area (Å²) in [6.45, 7) is 0. The number of rotatable bonds is 3. The first-order valence-corrected chi connectivity index (χ1v) is 5.35. The highest BCUT2D eigenvalue weighted by Crippen LogP contribution is 2.25. The van der Waals surface area contributed by atoms with Crippen molar-refractivity contribution in [2.24, 2.45) is 0 Å². The fourth-order valence-corrected chi connectivity index (χ4v) is 1.70.